The molecule has 0 aromatic carbocycles. The van der Waals surface area contributed by atoms with E-state index in [9.17, 15) is 9.59 Å². The van der Waals surface area contributed by atoms with E-state index in [0.717, 1.165) is 37.5 Å². The quantitative estimate of drug-likeness (QED) is 0.324. The minimum absolute atomic E-state index is 0.101. The second-order valence-electron chi connectivity index (χ2n) is 12.0. The lowest BCUT2D eigenvalue weighted by atomic mass is 9.46. The van der Waals surface area contributed by atoms with Gasteiger partial charge in [-0.25, -0.2) is 0 Å². The largest absolute Gasteiger partial charge is 0.463 e. The maximum Gasteiger partial charge on any atom is 0.306 e. The van der Waals surface area contributed by atoms with E-state index in [0.29, 0.717) is 42.1 Å². The first-order valence-corrected chi connectivity index (χ1v) is 13.3. The fourth-order valence-corrected chi connectivity index (χ4v) is 8.64. The zero-order chi connectivity index (χ0) is 23.8. The average molecular weight is 457 g/mol. The Hall–Kier alpha value is -1.58. The van der Waals surface area contributed by atoms with Crippen molar-refractivity contribution in [2.45, 2.75) is 91.6 Å². The van der Waals surface area contributed by atoms with Gasteiger partial charge in [0.1, 0.15) is 12.7 Å². The van der Waals surface area contributed by atoms with Crippen LogP contribution in [0, 0.1) is 46.3 Å². The Morgan fingerprint density at radius 3 is 2.70 bits per heavy atom. The van der Waals surface area contributed by atoms with Gasteiger partial charge in [-0.3, -0.25) is 9.59 Å². The molecule has 0 heterocycles. The molecule has 3 fully saturated rings. The minimum Gasteiger partial charge on any atom is -0.463 e. The fraction of sp³-hybridized carbons (Fsp3) is 0.793. The first-order valence-electron chi connectivity index (χ1n) is 13.3. The van der Waals surface area contributed by atoms with Gasteiger partial charge in [0.25, 0.3) is 0 Å². The van der Waals surface area contributed by atoms with Crippen molar-refractivity contribution < 1.29 is 19.1 Å². The lowest BCUT2D eigenvalue weighted by molar-refractivity contribution is -0.154. The third kappa shape index (κ3) is 4.56. The van der Waals surface area contributed by atoms with Crippen molar-refractivity contribution in [3.63, 3.8) is 0 Å². The summed E-state index contributed by atoms with van der Waals surface area (Å²) < 4.78 is 10.8. The number of hydrogen-bond acceptors (Lipinski definition) is 4. The van der Waals surface area contributed by atoms with Crippen molar-refractivity contribution in [1.29, 1.82) is 0 Å². The Bertz CT molecular complexity index is 786. The van der Waals surface area contributed by atoms with Crippen LogP contribution in [0.2, 0.25) is 0 Å². The maximum absolute atomic E-state index is 12.0. The number of carbonyl (C=O) groups excluding carboxylic acids is 2. The van der Waals surface area contributed by atoms with Crippen LogP contribution < -0.4 is 0 Å². The molecule has 9 atom stereocenters. The molecule has 0 spiro atoms. The molecular formula is C29H44O4. The van der Waals surface area contributed by atoms with Gasteiger partial charge in [-0.15, -0.1) is 0 Å². The molecule has 0 aliphatic heterocycles. The van der Waals surface area contributed by atoms with Crippen LogP contribution in [0.15, 0.2) is 24.8 Å². The van der Waals surface area contributed by atoms with Gasteiger partial charge in [-0.05, 0) is 97.7 Å². The van der Waals surface area contributed by atoms with Crippen molar-refractivity contribution in [2.24, 2.45) is 46.3 Å². The Morgan fingerprint density at radius 1 is 1.18 bits per heavy atom. The van der Waals surface area contributed by atoms with Crippen molar-refractivity contribution in [2.75, 3.05) is 6.61 Å². The van der Waals surface area contributed by atoms with Crippen LogP contribution in [0.1, 0.15) is 85.5 Å². The first-order chi connectivity index (χ1) is 15.7. The van der Waals surface area contributed by atoms with Gasteiger partial charge in [-0.1, -0.05) is 45.6 Å². The minimum atomic E-state index is -0.134. The van der Waals surface area contributed by atoms with Gasteiger partial charge in [0.15, 0.2) is 0 Å². The highest BCUT2D eigenvalue weighted by atomic mass is 16.5. The lowest BCUT2D eigenvalue weighted by Crippen LogP contribution is -2.52. The summed E-state index contributed by atoms with van der Waals surface area (Å²) in [6.07, 6.45) is 16.7. The van der Waals surface area contributed by atoms with E-state index in [1.165, 1.54) is 32.6 Å². The monoisotopic (exact) mass is 456 g/mol. The Balaban J connectivity index is 1.45. The number of fused-ring (bicyclic) bond motifs is 5. The van der Waals surface area contributed by atoms with Gasteiger partial charge in [-0.2, -0.15) is 0 Å². The van der Waals surface area contributed by atoms with E-state index in [-0.39, 0.29) is 23.5 Å². The summed E-state index contributed by atoms with van der Waals surface area (Å²) in [4.78, 5) is 23.5. The van der Waals surface area contributed by atoms with Crippen LogP contribution >= 0.6 is 0 Å². The molecule has 0 bridgehead atoms. The molecule has 4 unspecified atom stereocenters. The number of carbonyl (C=O) groups is 2. The van der Waals surface area contributed by atoms with Crippen LogP contribution in [0.5, 0.6) is 0 Å². The molecule has 0 radical (unpaired) electrons. The van der Waals surface area contributed by atoms with Crippen LogP contribution in [0.4, 0.5) is 0 Å². The number of esters is 2. The van der Waals surface area contributed by atoms with Gasteiger partial charge in [0.05, 0.1) is 0 Å². The molecule has 4 nitrogen and oxygen atoms in total. The molecule has 4 aliphatic rings. The van der Waals surface area contributed by atoms with Crippen LogP contribution in [-0.4, -0.2) is 24.6 Å². The van der Waals surface area contributed by atoms with Gasteiger partial charge < -0.3 is 9.47 Å². The second-order valence-corrected chi connectivity index (χ2v) is 12.0. The predicted molar refractivity (Wildman–Crippen MR) is 130 cm³/mol. The highest BCUT2D eigenvalue weighted by Crippen LogP contribution is 2.66. The number of rotatable bonds is 7. The van der Waals surface area contributed by atoms with Gasteiger partial charge in [0, 0.05) is 13.3 Å². The van der Waals surface area contributed by atoms with Crippen molar-refractivity contribution in [3.05, 3.63) is 24.8 Å². The number of hydrogen-bond donors (Lipinski definition) is 0. The second kappa shape index (κ2) is 9.58. The average Bonchev–Trinajstić information content (AvgIpc) is 3.13. The smallest absolute Gasteiger partial charge is 0.306 e. The molecule has 4 heteroatoms. The summed E-state index contributed by atoms with van der Waals surface area (Å²) in [6, 6.07) is 0. The number of ether oxygens (including phenoxy) is 2. The van der Waals surface area contributed by atoms with E-state index in [1.807, 2.05) is 0 Å². The van der Waals surface area contributed by atoms with Crippen LogP contribution in [0.3, 0.4) is 0 Å². The van der Waals surface area contributed by atoms with Crippen LogP contribution in [-0.2, 0) is 19.1 Å². The first kappa shape index (κ1) is 24.5. The van der Waals surface area contributed by atoms with E-state index >= 15 is 0 Å². The van der Waals surface area contributed by atoms with E-state index < -0.39 is 0 Å². The Kier molecular flexibility index (Phi) is 7.13. The predicted octanol–water partition coefficient (Wildman–Crippen LogP) is 6.50. The third-order valence-corrected chi connectivity index (χ3v) is 10.3. The molecule has 0 amide bonds. The molecule has 4 aliphatic carbocycles. The summed E-state index contributed by atoms with van der Waals surface area (Å²) in [7, 11) is 0. The SMILES string of the molecule is C=CCOC(=O)CC[C@@H](C)C1CC[C@H]2[C@@H]3CCC4C[C@H](OC(C)=O)CCC4(C)[C@H]3C=CC12C. The molecule has 0 aromatic heterocycles. The van der Waals surface area contributed by atoms with E-state index in [4.69, 9.17) is 9.47 Å². The van der Waals surface area contributed by atoms with Crippen molar-refractivity contribution >= 4 is 11.9 Å². The topological polar surface area (TPSA) is 52.6 Å². The molecule has 33 heavy (non-hydrogen) atoms. The lowest BCUT2D eigenvalue weighted by Gasteiger charge is -2.59. The zero-order valence-electron chi connectivity index (χ0n) is 21.2. The molecule has 0 saturated heterocycles. The molecule has 0 N–H and O–H groups in total. The molecule has 184 valence electrons. The maximum atomic E-state index is 12.0. The molecule has 3 saturated carbocycles. The van der Waals surface area contributed by atoms with Crippen molar-refractivity contribution in [3.8, 4) is 0 Å². The molecule has 4 rings (SSSR count). The fourth-order valence-electron chi connectivity index (χ4n) is 8.64. The number of allylic oxidation sites excluding steroid dienone is 2. The van der Waals surface area contributed by atoms with Gasteiger partial charge >= 0.3 is 11.9 Å². The summed E-state index contributed by atoms with van der Waals surface area (Å²) in [5, 5.41) is 0. The summed E-state index contributed by atoms with van der Waals surface area (Å²) >= 11 is 0. The van der Waals surface area contributed by atoms with E-state index in [2.05, 4.69) is 39.5 Å². The van der Waals surface area contributed by atoms with Crippen molar-refractivity contribution in [1.82, 2.24) is 0 Å². The Morgan fingerprint density at radius 2 is 1.97 bits per heavy atom. The standard InChI is InChI=1S/C29H44O4/c1-6-17-32-27(31)12-7-19(2)24-10-11-25-23-9-8-21-18-22(33-20(3)30)13-15-28(21,4)26(23)14-16-29(24,25)5/h6,14,16,19,21-26H,1,7-13,15,17-18H2,2-5H3/t19-,21?,22-,23+,24?,25+,26+,28?,29?/m1/s1. The molecular weight excluding hydrogens is 412 g/mol. The Labute approximate surface area is 200 Å². The zero-order valence-corrected chi connectivity index (χ0v) is 21.2. The normalized spacial score (nSPS) is 42.4. The summed E-state index contributed by atoms with van der Waals surface area (Å²) in [5.74, 6) is 3.74. The van der Waals surface area contributed by atoms with E-state index in [1.54, 1.807) is 6.08 Å². The van der Waals surface area contributed by atoms with Crippen LogP contribution in [0.25, 0.3) is 0 Å². The van der Waals surface area contributed by atoms with Gasteiger partial charge in [0.2, 0.25) is 0 Å². The summed E-state index contributed by atoms with van der Waals surface area (Å²) in [6.45, 7) is 12.8. The third-order valence-electron chi connectivity index (χ3n) is 10.3. The molecule has 0 aromatic rings. The highest BCUT2D eigenvalue weighted by molar-refractivity contribution is 5.69. The highest BCUT2D eigenvalue weighted by Gasteiger charge is 2.59. The summed E-state index contributed by atoms with van der Waals surface area (Å²) in [5.41, 5.74) is 0.569.